The summed E-state index contributed by atoms with van der Waals surface area (Å²) in [4.78, 5) is 19.4. The molecule has 4 rings (SSSR count). The molecule has 2 aromatic heterocycles. The van der Waals surface area contributed by atoms with E-state index in [0.29, 0.717) is 11.6 Å². The maximum Gasteiger partial charge on any atom is 0.273 e. The number of nitrogens with zero attached hydrogens (tertiary/aromatic N) is 3. The second kappa shape index (κ2) is 6.67. The van der Waals surface area contributed by atoms with Crippen LogP contribution in [0.2, 0.25) is 0 Å². The third-order valence-electron chi connectivity index (χ3n) is 5.11. The average molecular weight is 334 g/mol. The van der Waals surface area contributed by atoms with Gasteiger partial charge in [-0.05, 0) is 49.1 Å². The summed E-state index contributed by atoms with van der Waals surface area (Å²) in [6.45, 7) is 3.66. The van der Waals surface area contributed by atoms with Crippen LogP contribution in [0, 0.1) is 12.8 Å². The van der Waals surface area contributed by atoms with Crippen LogP contribution < -0.4 is 0 Å². The van der Waals surface area contributed by atoms with Crippen molar-refractivity contribution in [2.24, 2.45) is 5.92 Å². The van der Waals surface area contributed by atoms with Crippen LogP contribution in [0.25, 0.3) is 10.8 Å². The van der Waals surface area contributed by atoms with Gasteiger partial charge in [-0.3, -0.25) is 14.9 Å². The van der Waals surface area contributed by atoms with Crippen LogP contribution in [0.5, 0.6) is 0 Å². The largest absolute Gasteiger partial charge is 0.337 e. The van der Waals surface area contributed by atoms with E-state index in [1.165, 1.54) is 11.3 Å². The summed E-state index contributed by atoms with van der Waals surface area (Å²) in [5, 5.41) is 9.18. The van der Waals surface area contributed by atoms with Gasteiger partial charge in [-0.25, -0.2) is 0 Å². The fraction of sp³-hybridized carbons (Fsp3) is 0.350. The van der Waals surface area contributed by atoms with Crippen molar-refractivity contribution in [1.29, 1.82) is 0 Å². The minimum atomic E-state index is 0.0443. The number of H-pyrrole nitrogens is 1. The van der Waals surface area contributed by atoms with Crippen molar-refractivity contribution in [3.8, 4) is 0 Å². The minimum absolute atomic E-state index is 0.0443. The molecule has 1 aliphatic rings. The molecule has 5 heteroatoms. The molecule has 25 heavy (non-hydrogen) atoms. The van der Waals surface area contributed by atoms with Crippen molar-refractivity contribution in [2.75, 3.05) is 13.1 Å². The van der Waals surface area contributed by atoms with Crippen LogP contribution in [-0.2, 0) is 6.42 Å². The van der Waals surface area contributed by atoms with Gasteiger partial charge in [0.2, 0.25) is 0 Å². The van der Waals surface area contributed by atoms with Gasteiger partial charge in [0, 0.05) is 30.4 Å². The number of carbonyl (C=O) groups excluding carboxylic acids is 1. The van der Waals surface area contributed by atoms with Crippen LogP contribution in [0.4, 0.5) is 0 Å². The van der Waals surface area contributed by atoms with E-state index in [1.54, 1.807) is 6.20 Å². The van der Waals surface area contributed by atoms with Gasteiger partial charge in [0.15, 0.2) is 0 Å². The van der Waals surface area contributed by atoms with Crippen molar-refractivity contribution in [1.82, 2.24) is 20.1 Å². The van der Waals surface area contributed by atoms with Crippen LogP contribution in [0.15, 0.2) is 42.7 Å². The van der Waals surface area contributed by atoms with E-state index in [9.17, 15) is 4.79 Å². The number of nitrogens with one attached hydrogen (secondary N) is 1. The van der Waals surface area contributed by atoms with Crippen molar-refractivity contribution >= 4 is 16.7 Å². The molecular weight excluding hydrogens is 312 g/mol. The zero-order chi connectivity index (χ0) is 17.2. The normalized spacial score (nSPS) is 17.8. The number of piperidine rings is 1. The molecular formula is C20H22N4O. The van der Waals surface area contributed by atoms with Gasteiger partial charge < -0.3 is 4.90 Å². The van der Waals surface area contributed by atoms with Gasteiger partial charge in [0.25, 0.3) is 5.91 Å². The van der Waals surface area contributed by atoms with E-state index < -0.39 is 0 Å². The SMILES string of the molecule is Cc1cn[nH]c1C[C@@H]1CCCN(C(=O)c2nccc3ccccc23)C1. The molecule has 1 saturated heterocycles. The Kier molecular flexibility index (Phi) is 4.22. The van der Waals surface area contributed by atoms with Gasteiger partial charge >= 0.3 is 0 Å². The monoisotopic (exact) mass is 334 g/mol. The number of rotatable bonds is 3. The summed E-state index contributed by atoms with van der Waals surface area (Å²) in [5.41, 5.74) is 2.94. The Bertz CT molecular complexity index is 896. The number of carbonyl (C=O) groups is 1. The van der Waals surface area contributed by atoms with E-state index in [1.807, 2.05) is 41.4 Å². The molecule has 1 aromatic carbocycles. The zero-order valence-electron chi connectivity index (χ0n) is 14.4. The summed E-state index contributed by atoms with van der Waals surface area (Å²) in [5.74, 6) is 0.509. The first-order valence-corrected chi connectivity index (χ1v) is 8.84. The van der Waals surface area contributed by atoms with Crippen molar-refractivity contribution < 1.29 is 4.79 Å². The fourth-order valence-corrected chi connectivity index (χ4v) is 3.72. The van der Waals surface area contributed by atoms with Crippen LogP contribution >= 0.6 is 0 Å². The number of aryl methyl sites for hydroxylation is 1. The molecule has 1 amide bonds. The standard InChI is InChI=1S/C20H22N4O/c1-14-12-22-23-18(14)11-15-5-4-10-24(13-15)20(25)19-17-7-3-2-6-16(17)8-9-21-19/h2-3,6-9,12,15H,4-5,10-11,13H2,1H3,(H,22,23)/t15-/m0/s1. The second-order valence-electron chi connectivity index (χ2n) is 6.88. The predicted octanol–water partition coefficient (Wildman–Crippen LogP) is 3.36. The van der Waals surface area contributed by atoms with Crippen LogP contribution in [0.3, 0.4) is 0 Å². The van der Waals surface area contributed by atoms with Crippen molar-refractivity contribution in [3.05, 3.63) is 59.7 Å². The lowest BCUT2D eigenvalue weighted by atomic mass is 9.92. The highest BCUT2D eigenvalue weighted by Crippen LogP contribution is 2.24. The average Bonchev–Trinajstić information content (AvgIpc) is 3.05. The Balaban J connectivity index is 1.54. The molecule has 0 unspecified atom stereocenters. The number of hydrogen-bond donors (Lipinski definition) is 1. The van der Waals surface area contributed by atoms with Crippen molar-refractivity contribution in [2.45, 2.75) is 26.2 Å². The quantitative estimate of drug-likeness (QED) is 0.799. The topological polar surface area (TPSA) is 61.9 Å². The Morgan fingerprint density at radius 1 is 1.32 bits per heavy atom. The third-order valence-corrected chi connectivity index (χ3v) is 5.11. The third kappa shape index (κ3) is 3.14. The van der Waals surface area contributed by atoms with E-state index >= 15 is 0 Å². The van der Waals surface area contributed by atoms with Crippen LogP contribution in [-0.4, -0.2) is 39.1 Å². The number of aromatic nitrogens is 3. The smallest absolute Gasteiger partial charge is 0.273 e. The van der Waals surface area contributed by atoms with E-state index in [4.69, 9.17) is 0 Å². The van der Waals surface area contributed by atoms with Gasteiger partial charge in [-0.15, -0.1) is 0 Å². The van der Waals surface area contributed by atoms with Crippen LogP contribution in [0.1, 0.15) is 34.6 Å². The lowest BCUT2D eigenvalue weighted by molar-refractivity contribution is 0.0669. The molecule has 0 radical (unpaired) electrons. The molecule has 0 bridgehead atoms. The van der Waals surface area contributed by atoms with Gasteiger partial charge in [-0.1, -0.05) is 24.3 Å². The Labute approximate surface area is 147 Å². The lowest BCUT2D eigenvalue weighted by Gasteiger charge is -2.32. The molecule has 1 aliphatic heterocycles. The number of likely N-dealkylation sites (tertiary alicyclic amines) is 1. The Morgan fingerprint density at radius 3 is 3.04 bits per heavy atom. The lowest BCUT2D eigenvalue weighted by Crippen LogP contribution is -2.41. The first-order valence-electron chi connectivity index (χ1n) is 8.84. The highest BCUT2D eigenvalue weighted by atomic mass is 16.2. The minimum Gasteiger partial charge on any atom is -0.337 e. The number of fused-ring (bicyclic) bond motifs is 1. The van der Waals surface area contributed by atoms with Gasteiger partial charge in [-0.2, -0.15) is 5.10 Å². The Morgan fingerprint density at radius 2 is 2.20 bits per heavy atom. The molecule has 1 fully saturated rings. The molecule has 1 atom stereocenters. The summed E-state index contributed by atoms with van der Waals surface area (Å²) < 4.78 is 0. The molecule has 5 nitrogen and oxygen atoms in total. The first-order chi connectivity index (χ1) is 12.2. The fourth-order valence-electron chi connectivity index (χ4n) is 3.72. The van der Waals surface area contributed by atoms with Gasteiger partial charge in [0.05, 0.1) is 6.20 Å². The molecule has 0 aliphatic carbocycles. The zero-order valence-corrected chi connectivity index (χ0v) is 14.4. The number of pyridine rings is 1. The number of aromatic amines is 1. The predicted molar refractivity (Wildman–Crippen MR) is 97.4 cm³/mol. The maximum atomic E-state index is 13.1. The molecule has 1 N–H and O–H groups in total. The highest BCUT2D eigenvalue weighted by Gasteiger charge is 2.26. The van der Waals surface area contributed by atoms with E-state index in [0.717, 1.165) is 43.1 Å². The molecule has 3 aromatic rings. The number of amides is 1. The number of benzene rings is 1. The number of hydrogen-bond acceptors (Lipinski definition) is 3. The molecule has 0 spiro atoms. The summed E-state index contributed by atoms with van der Waals surface area (Å²) >= 11 is 0. The first kappa shape index (κ1) is 15.8. The molecule has 128 valence electrons. The highest BCUT2D eigenvalue weighted by molar-refractivity contribution is 6.05. The summed E-state index contributed by atoms with van der Waals surface area (Å²) in [6, 6.07) is 9.89. The second-order valence-corrected chi connectivity index (χ2v) is 6.88. The summed E-state index contributed by atoms with van der Waals surface area (Å²) in [6.07, 6.45) is 6.71. The molecule has 0 saturated carbocycles. The van der Waals surface area contributed by atoms with E-state index in [2.05, 4.69) is 22.1 Å². The van der Waals surface area contributed by atoms with Gasteiger partial charge in [0.1, 0.15) is 5.69 Å². The molecule has 3 heterocycles. The maximum absolute atomic E-state index is 13.1. The van der Waals surface area contributed by atoms with Crippen molar-refractivity contribution in [3.63, 3.8) is 0 Å². The van der Waals surface area contributed by atoms with E-state index in [-0.39, 0.29) is 5.91 Å². The summed E-state index contributed by atoms with van der Waals surface area (Å²) in [7, 11) is 0. The Hall–Kier alpha value is -2.69.